The molecule has 4 nitrogen and oxygen atoms in total. The van der Waals surface area contributed by atoms with Crippen molar-refractivity contribution in [1.29, 1.82) is 0 Å². The summed E-state index contributed by atoms with van der Waals surface area (Å²) < 4.78 is 27.0. The average molecular weight is 344 g/mol. The van der Waals surface area contributed by atoms with Gasteiger partial charge in [-0.1, -0.05) is 6.07 Å². The molecule has 0 atom stereocenters. The van der Waals surface area contributed by atoms with Crippen LogP contribution in [0.5, 0.6) is 0 Å². The van der Waals surface area contributed by atoms with Gasteiger partial charge in [-0.25, -0.2) is 13.6 Å². The second kappa shape index (κ2) is 8.19. The van der Waals surface area contributed by atoms with Gasteiger partial charge in [-0.15, -0.1) is 0 Å². The van der Waals surface area contributed by atoms with Gasteiger partial charge in [0, 0.05) is 22.9 Å². The van der Waals surface area contributed by atoms with Gasteiger partial charge in [0.05, 0.1) is 0 Å². The number of urea groups is 1. The number of rotatable bonds is 5. The second-order valence-corrected chi connectivity index (χ2v) is 5.66. The molecule has 2 aromatic carbocycles. The van der Waals surface area contributed by atoms with E-state index >= 15 is 0 Å². The zero-order chi connectivity index (χ0) is 18.4. The fraction of sp³-hybridized carbons (Fsp3) is 0.158. The summed E-state index contributed by atoms with van der Waals surface area (Å²) in [5.41, 5.74) is 0.598. The Morgan fingerprint density at radius 1 is 1.00 bits per heavy atom. The number of amides is 2. The number of carbonyl (C=O) groups excluding carboxylic acids is 2. The van der Waals surface area contributed by atoms with Crippen LogP contribution in [0.3, 0.4) is 0 Å². The minimum absolute atomic E-state index is 0.00441. The zero-order valence-electron chi connectivity index (χ0n) is 13.8. The first-order valence-corrected chi connectivity index (χ1v) is 7.71. The van der Waals surface area contributed by atoms with Gasteiger partial charge in [0.25, 0.3) is 0 Å². The van der Waals surface area contributed by atoms with Crippen LogP contribution in [0.15, 0.2) is 48.5 Å². The highest BCUT2D eigenvalue weighted by Gasteiger charge is 2.08. The van der Waals surface area contributed by atoms with Gasteiger partial charge in [0.15, 0.2) is 5.78 Å². The molecule has 0 aliphatic carbocycles. The number of benzene rings is 2. The Morgan fingerprint density at radius 2 is 1.60 bits per heavy atom. The minimum atomic E-state index is -0.736. The molecular weight excluding hydrogens is 326 g/mol. The van der Waals surface area contributed by atoms with Crippen LogP contribution in [0.4, 0.5) is 19.3 Å². The van der Waals surface area contributed by atoms with Gasteiger partial charge in [0.2, 0.25) is 0 Å². The fourth-order valence-electron chi connectivity index (χ4n) is 2.07. The Hall–Kier alpha value is -3.02. The van der Waals surface area contributed by atoms with Gasteiger partial charge < -0.3 is 10.6 Å². The fourth-order valence-corrected chi connectivity index (χ4v) is 2.07. The highest BCUT2D eigenvalue weighted by molar-refractivity contribution is 6.07. The van der Waals surface area contributed by atoms with Crippen LogP contribution in [0.1, 0.15) is 29.8 Å². The maximum atomic E-state index is 13.5. The number of halogens is 2. The van der Waals surface area contributed by atoms with Crippen LogP contribution < -0.4 is 10.6 Å². The maximum absolute atomic E-state index is 13.5. The standard InChI is InChI=1S/C19H18F2N2O2/c1-12(2)22-19(25)23-14-8-6-13(7-9-14)18(24)11-10-15-16(20)4-3-5-17(15)21/h3-12H,1-2H3,(H2,22,23,25). The maximum Gasteiger partial charge on any atom is 0.319 e. The Kier molecular flexibility index (Phi) is 6.00. The number of allylic oxidation sites excluding steroid dienone is 1. The molecule has 0 bridgehead atoms. The van der Waals surface area contributed by atoms with E-state index in [1.54, 1.807) is 12.1 Å². The van der Waals surface area contributed by atoms with E-state index in [1.807, 2.05) is 13.8 Å². The summed E-state index contributed by atoms with van der Waals surface area (Å²) >= 11 is 0. The zero-order valence-corrected chi connectivity index (χ0v) is 13.8. The van der Waals surface area contributed by atoms with Crippen molar-refractivity contribution < 1.29 is 18.4 Å². The van der Waals surface area contributed by atoms with E-state index in [2.05, 4.69) is 10.6 Å². The van der Waals surface area contributed by atoms with Gasteiger partial charge in [-0.3, -0.25) is 4.79 Å². The molecule has 0 radical (unpaired) electrons. The van der Waals surface area contributed by atoms with E-state index in [0.29, 0.717) is 11.3 Å². The van der Waals surface area contributed by atoms with Crippen LogP contribution >= 0.6 is 0 Å². The van der Waals surface area contributed by atoms with E-state index in [9.17, 15) is 18.4 Å². The van der Waals surface area contributed by atoms with E-state index in [4.69, 9.17) is 0 Å². The van der Waals surface area contributed by atoms with Crippen molar-refractivity contribution in [1.82, 2.24) is 5.32 Å². The summed E-state index contributed by atoms with van der Waals surface area (Å²) in [4.78, 5) is 23.7. The number of nitrogens with one attached hydrogen (secondary N) is 2. The van der Waals surface area contributed by atoms with E-state index in [1.165, 1.54) is 18.2 Å². The molecule has 0 unspecified atom stereocenters. The molecule has 2 amide bonds. The molecule has 2 rings (SSSR count). The summed E-state index contributed by atoms with van der Waals surface area (Å²) in [6.07, 6.45) is 2.21. The predicted molar refractivity (Wildman–Crippen MR) is 93.5 cm³/mol. The highest BCUT2D eigenvalue weighted by Crippen LogP contribution is 2.15. The van der Waals surface area contributed by atoms with E-state index < -0.39 is 17.4 Å². The smallest absolute Gasteiger partial charge is 0.319 e. The van der Waals surface area contributed by atoms with Crippen molar-refractivity contribution in [2.75, 3.05) is 5.32 Å². The summed E-state index contributed by atoms with van der Waals surface area (Å²) in [5.74, 6) is -1.87. The lowest BCUT2D eigenvalue weighted by molar-refractivity contribution is 0.104. The van der Waals surface area contributed by atoms with Crippen molar-refractivity contribution in [3.8, 4) is 0 Å². The third-order valence-electron chi connectivity index (χ3n) is 3.25. The number of hydrogen-bond acceptors (Lipinski definition) is 2. The van der Waals surface area contributed by atoms with Crippen molar-refractivity contribution in [2.45, 2.75) is 19.9 Å². The van der Waals surface area contributed by atoms with Crippen molar-refractivity contribution >= 4 is 23.6 Å². The van der Waals surface area contributed by atoms with Crippen LogP contribution in [0.25, 0.3) is 6.08 Å². The Balaban J connectivity index is 2.05. The van der Waals surface area contributed by atoms with Gasteiger partial charge in [-0.2, -0.15) is 0 Å². The number of carbonyl (C=O) groups is 2. The van der Waals surface area contributed by atoms with Crippen molar-refractivity contribution in [3.05, 3.63) is 71.3 Å². The minimum Gasteiger partial charge on any atom is -0.336 e. The number of ketones is 1. The summed E-state index contributed by atoms with van der Waals surface area (Å²) in [7, 11) is 0. The molecule has 2 N–H and O–H groups in total. The van der Waals surface area contributed by atoms with Gasteiger partial charge >= 0.3 is 6.03 Å². The van der Waals surface area contributed by atoms with Crippen LogP contribution in [-0.4, -0.2) is 17.9 Å². The Morgan fingerprint density at radius 3 is 2.16 bits per heavy atom. The monoisotopic (exact) mass is 344 g/mol. The lowest BCUT2D eigenvalue weighted by atomic mass is 10.1. The van der Waals surface area contributed by atoms with Crippen molar-refractivity contribution in [3.63, 3.8) is 0 Å². The van der Waals surface area contributed by atoms with Crippen LogP contribution in [-0.2, 0) is 0 Å². The van der Waals surface area contributed by atoms with Gasteiger partial charge in [0.1, 0.15) is 11.6 Å². The Bertz CT molecular complexity index is 779. The molecule has 0 aliphatic heterocycles. The highest BCUT2D eigenvalue weighted by atomic mass is 19.1. The second-order valence-electron chi connectivity index (χ2n) is 5.66. The molecule has 2 aromatic rings. The first kappa shape index (κ1) is 18.3. The van der Waals surface area contributed by atoms with Crippen LogP contribution in [0.2, 0.25) is 0 Å². The molecule has 0 aliphatic rings. The topological polar surface area (TPSA) is 58.2 Å². The largest absolute Gasteiger partial charge is 0.336 e. The lowest BCUT2D eigenvalue weighted by Crippen LogP contribution is -2.34. The van der Waals surface area contributed by atoms with E-state index in [-0.39, 0.29) is 17.6 Å². The lowest BCUT2D eigenvalue weighted by Gasteiger charge is -2.10. The first-order valence-electron chi connectivity index (χ1n) is 7.71. The third kappa shape index (κ3) is 5.24. The van der Waals surface area contributed by atoms with Crippen molar-refractivity contribution in [2.24, 2.45) is 0 Å². The summed E-state index contributed by atoms with van der Waals surface area (Å²) in [6.45, 7) is 3.68. The number of hydrogen-bond donors (Lipinski definition) is 2. The molecule has 0 heterocycles. The molecule has 0 spiro atoms. The Labute approximate surface area is 144 Å². The molecule has 130 valence electrons. The van der Waals surface area contributed by atoms with E-state index in [0.717, 1.165) is 24.3 Å². The number of anilines is 1. The SMILES string of the molecule is CC(C)NC(=O)Nc1ccc(C(=O)C=Cc2c(F)cccc2F)cc1. The predicted octanol–water partition coefficient (Wildman–Crippen LogP) is 4.39. The van der Waals surface area contributed by atoms with Crippen LogP contribution in [0, 0.1) is 11.6 Å². The normalized spacial score (nSPS) is 10.9. The third-order valence-corrected chi connectivity index (χ3v) is 3.25. The van der Waals surface area contributed by atoms with Gasteiger partial charge in [-0.05, 0) is 62.4 Å². The molecule has 0 fully saturated rings. The quantitative estimate of drug-likeness (QED) is 0.624. The molecule has 0 saturated carbocycles. The molecule has 0 aromatic heterocycles. The molecule has 25 heavy (non-hydrogen) atoms. The summed E-state index contributed by atoms with van der Waals surface area (Å²) in [6, 6.07) is 9.35. The molecular formula is C19H18F2N2O2. The summed E-state index contributed by atoms with van der Waals surface area (Å²) in [5, 5.41) is 5.31. The first-order chi connectivity index (χ1) is 11.9. The average Bonchev–Trinajstić information content (AvgIpc) is 2.54. The molecule has 6 heteroatoms. The molecule has 0 saturated heterocycles.